The zero-order chi connectivity index (χ0) is 20.5. The van der Waals surface area contributed by atoms with Crippen LogP contribution in [0.1, 0.15) is 12.0 Å². The van der Waals surface area contributed by atoms with Crippen LogP contribution in [0.25, 0.3) is 0 Å². The van der Waals surface area contributed by atoms with Gasteiger partial charge in [-0.1, -0.05) is 12.1 Å². The average Bonchev–Trinajstić information content (AvgIpc) is 3.42. The molecule has 8 nitrogen and oxygen atoms in total. The standard InChI is InChI=1S/C17H19F3N4O4/c18-17(19,20)12-3-1-2-4-13(12)21-15(25)10-22-5-7-23(8-6-22)16(26)11-9-14(11)24(27)28/h1-4,11,14H,5-10H2,(H,21,25)/t11-,14+/m0/s1. The van der Waals surface area contributed by atoms with Crippen LogP contribution >= 0.6 is 0 Å². The van der Waals surface area contributed by atoms with E-state index in [1.54, 1.807) is 9.80 Å². The van der Waals surface area contributed by atoms with Crippen molar-refractivity contribution >= 4 is 17.5 Å². The number of hydrogen-bond acceptors (Lipinski definition) is 5. The maximum atomic E-state index is 13.0. The van der Waals surface area contributed by atoms with E-state index < -0.39 is 34.5 Å². The summed E-state index contributed by atoms with van der Waals surface area (Å²) in [5.41, 5.74) is -1.21. The molecular weight excluding hydrogens is 381 g/mol. The molecule has 11 heteroatoms. The molecule has 1 N–H and O–H groups in total. The molecule has 1 aliphatic heterocycles. The Bertz CT molecular complexity index is 778. The second-order valence-corrected chi connectivity index (χ2v) is 6.89. The molecule has 2 atom stereocenters. The van der Waals surface area contributed by atoms with Gasteiger partial charge in [-0.2, -0.15) is 13.2 Å². The van der Waals surface area contributed by atoms with Gasteiger partial charge in [0.15, 0.2) is 0 Å². The van der Waals surface area contributed by atoms with Gasteiger partial charge in [-0.25, -0.2) is 0 Å². The summed E-state index contributed by atoms with van der Waals surface area (Å²) >= 11 is 0. The molecule has 1 aliphatic carbocycles. The minimum atomic E-state index is -4.57. The number of piperazine rings is 1. The maximum absolute atomic E-state index is 13.0. The summed E-state index contributed by atoms with van der Waals surface area (Å²) < 4.78 is 38.9. The highest BCUT2D eigenvalue weighted by atomic mass is 19.4. The number of amides is 2. The van der Waals surface area contributed by atoms with Crippen LogP contribution < -0.4 is 5.32 Å². The molecule has 28 heavy (non-hydrogen) atoms. The summed E-state index contributed by atoms with van der Waals surface area (Å²) in [6.07, 6.45) is -4.31. The molecule has 0 bridgehead atoms. The van der Waals surface area contributed by atoms with Crippen molar-refractivity contribution in [3.63, 3.8) is 0 Å². The van der Waals surface area contributed by atoms with Gasteiger partial charge in [0.2, 0.25) is 17.9 Å². The van der Waals surface area contributed by atoms with E-state index in [1.807, 2.05) is 0 Å². The van der Waals surface area contributed by atoms with E-state index in [0.717, 1.165) is 6.07 Å². The molecule has 1 saturated heterocycles. The number of nitro groups is 1. The third-order valence-electron chi connectivity index (χ3n) is 4.90. The first-order chi connectivity index (χ1) is 13.2. The Labute approximate surface area is 158 Å². The second kappa shape index (κ2) is 7.74. The molecule has 2 aliphatic rings. The van der Waals surface area contributed by atoms with E-state index in [1.165, 1.54) is 18.2 Å². The van der Waals surface area contributed by atoms with E-state index in [-0.39, 0.29) is 24.6 Å². The van der Waals surface area contributed by atoms with Gasteiger partial charge in [-0.3, -0.25) is 24.6 Å². The van der Waals surface area contributed by atoms with E-state index in [0.29, 0.717) is 26.2 Å². The zero-order valence-electron chi connectivity index (χ0n) is 14.8. The lowest BCUT2D eigenvalue weighted by Gasteiger charge is -2.34. The molecule has 0 spiro atoms. The van der Waals surface area contributed by atoms with E-state index in [9.17, 15) is 32.9 Å². The van der Waals surface area contributed by atoms with Crippen molar-refractivity contribution in [2.24, 2.45) is 5.92 Å². The van der Waals surface area contributed by atoms with Gasteiger partial charge in [-0.05, 0) is 12.1 Å². The molecule has 1 aromatic carbocycles. The van der Waals surface area contributed by atoms with Crippen LogP contribution in [0.3, 0.4) is 0 Å². The number of halogens is 3. The molecular formula is C17H19F3N4O4. The largest absolute Gasteiger partial charge is 0.418 e. The number of para-hydroxylation sites is 1. The fraction of sp³-hybridized carbons (Fsp3) is 0.529. The third-order valence-corrected chi connectivity index (χ3v) is 4.90. The first-order valence-electron chi connectivity index (χ1n) is 8.77. The molecule has 2 amide bonds. The normalized spacial score (nSPS) is 22.6. The molecule has 3 rings (SSSR count). The summed E-state index contributed by atoms with van der Waals surface area (Å²) in [5.74, 6) is -1.39. The Balaban J connectivity index is 1.48. The minimum Gasteiger partial charge on any atom is -0.340 e. The van der Waals surface area contributed by atoms with Crippen LogP contribution in [0.4, 0.5) is 18.9 Å². The molecule has 0 aromatic heterocycles. The van der Waals surface area contributed by atoms with Crippen molar-refractivity contribution < 1.29 is 27.7 Å². The van der Waals surface area contributed by atoms with Crippen molar-refractivity contribution in [1.82, 2.24) is 9.80 Å². The average molecular weight is 400 g/mol. The van der Waals surface area contributed by atoms with Crippen molar-refractivity contribution in [2.75, 3.05) is 38.0 Å². The predicted octanol–water partition coefficient (Wildman–Crippen LogP) is 1.45. The molecule has 0 unspecified atom stereocenters. The number of nitrogens with one attached hydrogen (secondary N) is 1. The summed E-state index contributed by atoms with van der Waals surface area (Å²) in [4.78, 5) is 37.8. The highest BCUT2D eigenvalue weighted by Crippen LogP contribution is 2.35. The summed E-state index contributed by atoms with van der Waals surface area (Å²) in [7, 11) is 0. The summed E-state index contributed by atoms with van der Waals surface area (Å²) in [6.45, 7) is 1.29. The lowest BCUT2D eigenvalue weighted by atomic mass is 10.1. The number of anilines is 1. The van der Waals surface area contributed by atoms with Gasteiger partial charge in [0, 0.05) is 37.5 Å². The Hall–Kier alpha value is -2.69. The van der Waals surface area contributed by atoms with Crippen molar-refractivity contribution in [2.45, 2.75) is 18.6 Å². The lowest BCUT2D eigenvalue weighted by Crippen LogP contribution is -2.51. The first-order valence-corrected chi connectivity index (χ1v) is 8.77. The van der Waals surface area contributed by atoms with E-state index >= 15 is 0 Å². The highest BCUT2D eigenvalue weighted by Gasteiger charge is 2.54. The summed E-state index contributed by atoms with van der Waals surface area (Å²) in [5, 5.41) is 13.0. The molecule has 1 saturated carbocycles. The Kier molecular flexibility index (Phi) is 5.54. The molecule has 1 heterocycles. The number of carbonyl (C=O) groups is 2. The molecule has 152 valence electrons. The number of nitrogens with zero attached hydrogens (tertiary/aromatic N) is 3. The maximum Gasteiger partial charge on any atom is 0.418 e. The smallest absolute Gasteiger partial charge is 0.340 e. The van der Waals surface area contributed by atoms with Crippen molar-refractivity contribution in [3.8, 4) is 0 Å². The number of carbonyl (C=O) groups excluding carboxylic acids is 2. The topological polar surface area (TPSA) is 95.8 Å². The van der Waals surface area contributed by atoms with Crippen molar-refractivity contribution in [1.29, 1.82) is 0 Å². The zero-order valence-corrected chi connectivity index (χ0v) is 14.8. The van der Waals surface area contributed by atoms with Crippen LogP contribution in [-0.2, 0) is 15.8 Å². The Morgan fingerprint density at radius 2 is 1.82 bits per heavy atom. The number of alkyl halides is 3. The number of rotatable bonds is 5. The van der Waals surface area contributed by atoms with E-state index in [4.69, 9.17) is 0 Å². The van der Waals surface area contributed by atoms with Crippen LogP contribution in [0, 0.1) is 16.0 Å². The second-order valence-electron chi connectivity index (χ2n) is 6.89. The van der Waals surface area contributed by atoms with Gasteiger partial charge < -0.3 is 10.2 Å². The van der Waals surface area contributed by atoms with Crippen LogP contribution in [0.2, 0.25) is 0 Å². The third kappa shape index (κ3) is 4.58. The van der Waals surface area contributed by atoms with E-state index in [2.05, 4.69) is 5.32 Å². The van der Waals surface area contributed by atoms with Gasteiger partial charge in [0.1, 0.15) is 5.92 Å². The number of hydrogen-bond donors (Lipinski definition) is 1. The SMILES string of the molecule is O=C(CN1CCN(C(=O)[C@H]2C[C@H]2[N+](=O)[O-])CC1)Nc1ccccc1C(F)(F)F. The first kappa shape index (κ1) is 20.1. The van der Waals surface area contributed by atoms with Gasteiger partial charge >= 0.3 is 6.18 Å². The number of benzene rings is 1. The molecule has 2 fully saturated rings. The van der Waals surface area contributed by atoms with Crippen LogP contribution in [-0.4, -0.2) is 65.3 Å². The molecule has 1 aromatic rings. The quantitative estimate of drug-likeness (QED) is 0.596. The molecule has 0 radical (unpaired) electrons. The van der Waals surface area contributed by atoms with Gasteiger partial charge in [0.05, 0.1) is 17.8 Å². The highest BCUT2D eigenvalue weighted by molar-refractivity contribution is 5.93. The summed E-state index contributed by atoms with van der Waals surface area (Å²) in [6, 6.07) is 3.95. The van der Waals surface area contributed by atoms with Crippen LogP contribution in [0.5, 0.6) is 0 Å². The minimum absolute atomic E-state index is 0.102. The monoisotopic (exact) mass is 400 g/mol. The van der Waals surface area contributed by atoms with Crippen LogP contribution in [0.15, 0.2) is 24.3 Å². The Morgan fingerprint density at radius 3 is 2.39 bits per heavy atom. The van der Waals surface area contributed by atoms with Gasteiger partial charge in [0.25, 0.3) is 0 Å². The fourth-order valence-electron chi connectivity index (χ4n) is 3.27. The predicted molar refractivity (Wildman–Crippen MR) is 92.0 cm³/mol. The van der Waals surface area contributed by atoms with Gasteiger partial charge in [-0.15, -0.1) is 0 Å². The Morgan fingerprint density at radius 1 is 1.18 bits per heavy atom. The lowest BCUT2D eigenvalue weighted by molar-refractivity contribution is -0.497. The van der Waals surface area contributed by atoms with Crippen molar-refractivity contribution in [3.05, 3.63) is 39.9 Å². The fourth-order valence-corrected chi connectivity index (χ4v) is 3.27.